The predicted molar refractivity (Wildman–Crippen MR) is 70.1 cm³/mol. The van der Waals surface area contributed by atoms with Gasteiger partial charge in [0, 0.05) is 37.5 Å². The fourth-order valence-corrected chi connectivity index (χ4v) is 3.27. The molecule has 0 atom stereocenters. The maximum absolute atomic E-state index is 4.63. The Bertz CT molecular complexity index is 346. The molecule has 0 saturated heterocycles. The fourth-order valence-electron chi connectivity index (χ4n) is 2.15. The van der Waals surface area contributed by atoms with Crippen LogP contribution in [0.1, 0.15) is 31.3 Å². The monoisotopic (exact) mass is 239 g/mol. The van der Waals surface area contributed by atoms with E-state index in [9.17, 15) is 0 Å². The Balaban J connectivity index is 2.02. The van der Waals surface area contributed by atoms with E-state index in [0.29, 0.717) is 0 Å². The SMILES string of the molecule is CCNc1nc2c(s1)CN(CC(C)C)CC2. The molecule has 4 heteroatoms. The molecule has 2 rings (SSSR count). The molecule has 0 spiro atoms. The second kappa shape index (κ2) is 5.15. The first-order valence-corrected chi connectivity index (χ1v) is 6.95. The Morgan fingerprint density at radius 2 is 2.31 bits per heavy atom. The van der Waals surface area contributed by atoms with Crippen molar-refractivity contribution in [3.05, 3.63) is 10.6 Å². The van der Waals surface area contributed by atoms with Crippen LogP contribution in [0.3, 0.4) is 0 Å². The molecule has 0 bridgehead atoms. The molecule has 0 aromatic carbocycles. The Labute approximate surface area is 102 Å². The van der Waals surface area contributed by atoms with E-state index in [4.69, 9.17) is 0 Å². The molecule has 0 unspecified atom stereocenters. The summed E-state index contributed by atoms with van der Waals surface area (Å²) in [5.41, 5.74) is 1.32. The first kappa shape index (κ1) is 11.9. The number of hydrogen-bond donors (Lipinski definition) is 1. The number of hydrogen-bond acceptors (Lipinski definition) is 4. The molecule has 1 aromatic rings. The molecule has 1 aromatic heterocycles. The molecule has 16 heavy (non-hydrogen) atoms. The van der Waals surface area contributed by atoms with Gasteiger partial charge in [-0.25, -0.2) is 4.98 Å². The molecule has 3 nitrogen and oxygen atoms in total. The van der Waals surface area contributed by atoms with E-state index in [2.05, 4.69) is 36.0 Å². The fraction of sp³-hybridized carbons (Fsp3) is 0.750. The first-order chi connectivity index (χ1) is 7.69. The number of nitrogens with one attached hydrogen (secondary N) is 1. The summed E-state index contributed by atoms with van der Waals surface area (Å²) in [6, 6.07) is 0. The van der Waals surface area contributed by atoms with Crippen molar-refractivity contribution in [1.29, 1.82) is 0 Å². The van der Waals surface area contributed by atoms with E-state index >= 15 is 0 Å². The second-order valence-corrected chi connectivity index (χ2v) is 5.88. The molecular weight excluding hydrogens is 218 g/mol. The summed E-state index contributed by atoms with van der Waals surface area (Å²) in [5, 5.41) is 4.41. The first-order valence-electron chi connectivity index (χ1n) is 6.13. The third-order valence-corrected chi connectivity index (χ3v) is 3.80. The van der Waals surface area contributed by atoms with Crippen molar-refractivity contribution in [1.82, 2.24) is 9.88 Å². The highest BCUT2D eigenvalue weighted by atomic mass is 32.1. The van der Waals surface area contributed by atoms with Crippen LogP contribution in [0.4, 0.5) is 5.13 Å². The standard InChI is InChI=1S/C12H21N3S/c1-4-13-12-14-10-5-6-15(7-9(2)3)8-11(10)16-12/h9H,4-8H2,1-3H3,(H,13,14). The number of nitrogens with zero attached hydrogens (tertiary/aromatic N) is 2. The minimum absolute atomic E-state index is 0.753. The van der Waals surface area contributed by atoms with Gasteiger partial charge in [0.25, 0.3) is 0 Å². The van der Waals surface area contributed by atoms with Crippen LogP contribution >= 0.6 is 11.3 Å². The van der Waals surface area contributed by atoms with Crippen LogP contribution < -0.4 is 5.32 Å². The molecule has 0 amide bonds. The smallest absolute Gasteiger partial charge is 0.183 e. The van der Waals surface area contributed by atoms with Crippen molar-refractivity contribution in [2.75, 3.05) is 25.0 Å². The van der Waals surface area contributed by atoms with Gasteiger partial charge >= 0.3 is 0 Å². The van der Waals surface area contributed by atoms with Crippen LogP contribution in [-0.4, -0.2) is 29.5 Å². The topological polar surface area (TPSA) is 28.2 Å². The van der Waals surface area contributed by atoms with Crippen LogP contribution in [0.5, 0.6) is 0 Å². The van der Waals surface area contributed by atoms with Gasteiger partial charge in [-0.3, -0.25) is 4.90 Å². The molecule has 2 heterocycles. The van der Waals surface area contributed by atoms with Crippen LogP contribution in [-0.2, 0) is 13.0 Å². The van der Waals surface area contributed by atoms with E-state index in [1.165, 1.54) is 23.7 Å². The van der Waals surface area contributed by atoms with Gasteiger partial charge in [-0.1, -0.05) is 13.8 Å². The van der Waals surface area contributed by atoms with Crippen LogP contribution in [0.25, 0.3) is 0 Å². The van der Waals surface area contributed by atoms with Crippen molar-refractivity contribution in [3.8, 4) is 0 Å². The van der Waals surface area contributed by atoms with E-state index in [0.717, 1.165) is 30.6 Å². The zero-order chi connectivity index (χ0) is 11.5. The lowest BCUT2D eigenvalue weighted by molar-refractivity contribution is 0.228. The Kier molecular flexibility index (Phi) is 3.82. The zero-order valence-electron chi connectivity index (χ0n) is 10.4. The minimum Gasteiger partial charge on any atom is -0.362 e. The summed E-state index contributed by atoms with van der Waals surface area (Å²) in [6.45, 7) is 11.1. The highest BCUT2D eigenvalue weighted by Gasteiger charge is 2.20. The molecular formula is C12H21N3S. The van der Waals surface area contributed by atoms with E-state index in [1.807, 2.05) is 11.3 Å². The van der Waals surface area contributed by atoms with Crippen molar-refractivity contribution >= 4 is 16.5 Å². The van der Waals surface area contributed by atoms with Gasteiger partial charge in [0.15, 0.2) is 5.13 Å². The Morgan fingerprint density at radius 3 is 3.00 bits per heavy atom. The normalized spacial score (nSPS) is 16.5. The maximum atomic E-state index is 4.63. The largest absolute Gasteiger partial charge is 0.362 e. The summed E-state index contributed by atoms with van der Waals surface area (Å²) in [5.74, 6) is 0.753. The van der Waals surface area contributed by atoms with Gasteiger partial charge in [-0.15, -0.1) is 11.3 Å². The molecule has 90 valence electrons. The Hall–Kier alpha value is -0.610. The van der Waals surface area contributed by atoms with Crippen molar-refractivity contribution in [3.63, 3.8) is 0 Å². The van der Waals surface area contributed by atoms with Gasteiger partial charge in [0.1, 0.15) is 0 Å². The number of thiazole rings is 1. The third kappa shape index (κ3) is 2.74. The molecule has 0 fully saturated rings. The second-order valence-electron chi connectivity index (χ2n) is 4.80. The molecule has 0 saturated carbocycles. The van der Waals surface area contributed by atoms with Crippen LogP contribution in [0.2, 0.25) is 0 Å². The summed E-state index contributed by atoms with van der Waals surface area (Å²) < 4.78 is 0. The molecule has 0 radical (unpaired) electrons. The summed E-state index contributed by atoms with van der Waals surface area (Å²) >= 11 is 1.83. The average Bonchev–Trinajstić information content (AvgIpc) is 2.59. The number of fused-ring (bicyclic) bond motifs is 1. The van der Waals surface area contributed by atoms with Gasteiger partial charge in [0.05, 0.1) is 5.69 Å². The number of anilines is 1. The predicted octanol–water partition coefficient (Wildman–Crippen LogP) is 2.59. The zero-order valence-corrected chi connectivity index (χ0v) is 11.2. The molecule has 1 N–H and O–H groups in total. The van der Waals surface area contributed by atoms with E-state index in [1.54, 1.807) is 0 Å². The van der Waals surface area contributed by atoms with Gasteiger partial charge in [-0.2, -0.15) is 0 Å². The highest BCUT2D eigenvalue weighted by Crippen LogP contribution is 2.28. The molecule has 1 aliphatic heterocycles. The average molecular weight is 239 g/mol. The third-order valence-electron chi connectivity index (χ3n) is 2.76. The lowest BCUT2D eigenvalue weighted by Crippen LogP contribution is -2.32. The van der Waals surface area contributed by atoms with Crippen LogP contribution in [0.15, 0.2) is 0 Å². The van der Waals surface area contributed by atoms with Gasteiger partial charge in [-0.05, 0) is 12.8 Å². The molecule has 1 aliphatic rings. The quantitative estimate of drug-likeness (QED) is 0.875. The van der Waals surface area contributed by atoms with Crippen molar-refractivity contribution in [2.45, 2.75) is 33.7 Å². The van der Waals surface area contributed by atoms with Gasteiger partial charge < -0.3 is 5.32 Å². The van der Waals surface area contributed by atoms with E-state index < -0.39 is 0 Å². The lowest BCUT2D eigenvalue weighted by Gasteiger charge is -2.27. The van der Waals surface area contributed by atoms with Crippen molar-refractivity contribution < 1.29 is 0 Å². The Morgan fingerprint density at radius 1 is 1.50 bits per heavy atom. The minimum atomic E-state index is 0.753. The van der Waals surface area contributed by atoms with Gasteiger partial charge in [0.2, 0.25) is 0 Å². The van der Waals surface area contributed by atoms with Crippen molar-refractivity contribution in [2.24, 2.45) is 5.92 Å². The number of aromatic nitrogens is 1. The lowest BCUT2D eigenvalue weighted by atomic mass is 10.1. The molecule has 0 aliphatic carbocycles. The summed E-state index contributed by atoms with van der Waals surface area (Å²) in [4.78, 5) is 8.64. The maximum Gasteiger partial charge on any atom is 0.183 e. The summed E-state index contributed by atoms with van der Waals surface area (Å²) in [6.07, 6.45) is 1.12. The van der Waals surface area contributed by atoms with E-state index in [-0.39, 0.29) is 0 Å². The van der Waals surface area contributed by atoms with Crippen LogP contribution in [0, 0.1) is 5.92 Å². The summed E-state index contributed by atoms with van der Waals surface area (Å²) in [7, 11) is 0. The number of rotatable bonds is 4. The highest BCUT2D eigenvalue weighted by molar-refractivity contribution is 7.15.